The molecule has 1 aromatic carbocycles. The smallest absolute Gasteiger partial charge is 0.263 e. The molecule has 0 bridgehead atoms. The number of carbonyl (C=O) groups excluding carboxylic acids is 1. The number of pyridine rings is 1. The molecule has 40 heavy (non-hydrogen) atoms. The maximum Gasteiger partial charge on any atom is 0.263 e. The van der Waals surface area contributed by atoms with E-state index in [1.54, 1.807) is 23.8 Å². The maximum absolute atomic E-state index is 15.6. The molecule has 3 fully saturated rings. The average molecular weight is 548 g/mol. The number of fused-ring (bicyclic) bond motifs is 4. The van der Waals surface area contributed by atoms with E-state index in [-0.39, 0.29) is 40.8 Å². The first-order valence-electron chi connectivity index (χ1n) is 14.3. The van der Waals surface area contributed by atoms with Gasteiger partial charge in [0.05, 0.1) is 11.6 Å². The van der Waals surface area contributed by atoms with Gasteiger partial charge < -0.3 is 20.3 Å². The Morgan fingerprint density at radius 2 is 1.95 bits per heavy atom. The summed E-state index contributed by atoms with van der Waals surface area (Å²) >= 11 is 0. The van der Waals surface area contributed by atoms with Crippen molar-refractivity contribution in [3.05, 3.63) is 45.6 Å². The summed E-state index contributed by atoms with van der Waals surface area (Å²) in [5.41, 5.74) is 1.96. The molecule has 2 saturated heterocycles. The van der Waals surface area contributed by atoms with Crippen molar-refractivity contribution >= 4 is 34.1 Å². The summed E-state index contributed by atoms with van der Waals surface area (Å²) in [4.78, 5) is 39.7. The fourth-order valence-electron chi connectivity index (χ4n) is 6.84. The van der Waals surface area contributed by atoms with E-state index in [0.717, 1.165) is 58.4 Å². The van der Waals surface area contributed by atoms with Gasteiger partial charge >= 0.3 is 0 Å². The Morgan fingerprint density at radius 1 is 1.15 bits per heavy atom. The Balaban J connectivity index is 1.21. The first-order valence-corrected chi connectivity index (χ1v) is 14.3. The Labute approximate surface area is 231 Å². The van der Waals surface area contributed by atoms with Crippen LogP contribution in [-0.4, -0.2) is 76.6 Å². The van der Waals surface area contributed by atoms with Gasteiger partial charge in [0.2, 0.25) is 5.95 Å². The Kier molecular flexibility index (Phi) is 6.23. The third kappa shape index (κ3) is 4.14. The van der Waals surface area contributed by atoms with Crippen molar-refractivity contribution in [1.29, 1.82) is 0 Å². The summed E-state index contributed by atoms with van der Waals surface area (Å²) in [6, 6.07) is 3.91. The second-order valence-electron chi connectivity index (χ2n) is 11.5. The summed E-state index contributed by atoms with van der Waals surface area (Å²) < 4.78 is 23.3. The standard InChI is InChI=1S/C29H34FN7O3/c1-16-22-13-32-29(34-27(22)37(19-5-3-4-6-19)28(39)25(16)17(2)38)33-18-9-23(30)26-24(10-18)40-15-21-14-35(7-8-36(21)26)20-11-31-12-20/h9-10,13,19-21,31H,3-8,11-12,14-15H2,1-2H3,(H,32,33,34)/t21-/m0/s1. The number of rotatable bonds is 5. The van der Waals surface area contributed by atoms with Crippen LogP contribution in [0.25, 0.3) is 11.0 Å². The van der Waals surface area contributed by atoms with Crippen LogP contribution in [0.4, 0.5) is 21.7 Å². The molecule has 210 valence electrons. The molecular weight excluding hydrogens is 513 g/mol. The molecule has 0 unspecified atom stereocenters. The lowest BCUT2D eigenvalue weighted by molar-refractivity contribution is 0.0985. The predicted octanol–water partition coefficient (Wildman–Crippen LogP) is 3.16. The van der Waals surface area contributed by atoms with E-state index in [9.17, 15) is 9.59 Å². The molecule has 5 heterocycles. The van der Waals surface area contributed by atoms with E-state index >= 15 is 4.39 Å². The SMILES string of the molecule is CC(=O)c1c(C)c2cnc(Nc3cc(F)c4c(c3)OC[C@@H]3CN(C5CNC5)CCN43)nc2n(C2CCCC2)c1=O. The lowest BCUT2D eigenvalue weighted by atomic mass is 10.0. The van der Waals surface area contributed by atoms with E-state index in [1.165, 1.54) is 13.0 Å². The summed E-state index contributed by atoms with van der Waals surface area (Å²) in [6.07, 6.45) is 5.43. The lowest BCUT2D eigenvalue weighted by Crippen LogP contribution is -2.65. The largest absolute Gasteiger partial charge is 0.489 e. The van der Waals surface area contributed by atoms with Crippen LogP contribution in [0.1, 0.15) is 54.6 Å². The molecule has 7 rings (SSSR count). The van der Waals surface area contributed by atoms with Crippen molar-refractivity contribution < 1.29 is 13.9 Å². The van der Waals surface area contributed by atoms with Crippen molar-refractivity contribution in [2.24, 2.45) is 0 Å². The number of anilines is 3. The Hall–Kier alpha value is -3.57. The van der Waals surface area contributed by atoms with Crippen molar-refractivity contribution in [1.82, 2.24) is 24.8 Å². The predicted molar refractivity (Wildman–Crippen MR) is 151 cm³/mol. The molecule has 1 aliphatic carbocycles. The molecule has 3 aliphatic heterocycles. The van der Waals surface area contributed by atoms with Crippen molar-refractivity contribution in [2.75, 3.05) is 49.5 Å². The van der Waals surface area contributed by atoms with Gasteiger partial charge in [-0.1, -0.05) is 12.8 Å². The summed E-state index contributed by atoms with van der Waals surface area (Å²) in [5.74, 6) is 0.146. The zero-order valence-corrected chi connectivity index (χ0v) is 22.9. The topological polar surface area (TPSA) is 105 Å². The van der Waals surface area contributed by atoms with Gasteiger partial charge in [-0.15, -0.1) is 0 Å². The number of piperazine rings is 1. The average Bonchev–Trinajstić information content (AvgIpc) is 3.41. The first kappa shape index (κ1) is 25.4. The highest BCUT2D eigenvalue weighted by molar-refractivity contribution is 5.99. The molecule has 10 nitrogen and oxygen atoms in total. The van der Waals surface area contributed by atoms with Crippen LogP contribution < -0.4 is 25.8 Å². The van der Waals surface area contributed by atoms with Gasteiger partial charge in [-0.25, -0.2) is 9.37 Å². The number of aromatic nitrogens is 3. The third-order valence-corrected chi connectivity index (χ3v) is 9.04. The van der Waals surface area contributed by atoms with E-state index in [0.29, 0.717) is 46.4 Å². The minimum atomic E-state index is -0.353. The normalized spacial score (nSPS) is 21.6. The molecule has 0 amide bonds. The fraction of sp³-hybridized carbons (Fsp3) is 0.517. The van der Waals surface area contributed by atoms with Crippen LogP contribution in [0.3, 0.4) is 0 Å². The molecule has 11 heteroatoms. The van der Waals surface area contributed by atoms with Gasteiger partial charge in [-0.2, -0.15) is 4.98 Å². The molecule has 1 saturated carbocycles. The lowest BCUT2D eigenvalue weighted by Gasteiger charge is -2.49. The molecular formula is C29H34FN7O3. The third-order valence-electron chi connectivity index (χ3n) is 9.04. The van der Waals surface area contributed by atoms with Crippen molar-refractivity contribution in [3.8, 4) is 5.75 Å². The minimum absolute atomic E-state index is 0.0139. The van der Waals surface area contributed by atoms with Crippen LogP contribution >= 0.6 is 0 Å². The number of aryl methyl sites for hydroxylation is 1. The van der Waals surface area contributed by atoms with E-state index in [4.69, 9.17) is 9.72 Å². The van der Waals surface area contributed by atoms with Crippen LogP contribution in [0, 0.1) is 12.7 Å². The molecule has 1 atom stereocenters. The highest BCUT2D eigenvalue weighted by atomic mass is 19.1. The number of halogens is 1. The number of carbonyl (C=O) groups is 1. The fourth-order valence-corrected chi connectivity index (χ4v) is 6.84. The quantitative estimate of drug-likeness (QED) is 0.466. The van der Waals surface area contributed by atoms with Gasteiger partial charge in [0.25, 0.3) is 5.56 Å². The number of nitrogens with zero attached hydrogens (tertiary/aromatic N) is 5. The molecule has 3 aromatic rings. The number of Topliss-reactive ketones (excluding diaryl/α,β-unsaturated/α-hetero) is 1. The van der Waals surface area contributed by atoms with Crippen molar-refractivity contribution in [3.63, 3.8) is 0 Å². The van der Waals surface area contributed by atoms with Gasteiger partial charge in [0, 0.05) is 68.1 Å². The Bertz CT molecular complexity index is 1560. The van der Waals surface area contributed by atoms with Crippen LogP contribution in [0.15, 0.2) is 23.1 Å². The van der Waals surface area contributed by atoms with E-state index in [2.05, 4.69) is 25.4 Å². The number of ether oxygens (including phenoxy) is 1. The molecule has 2 N–H and O–H groups in total. The van der Waals surface area contributed by atoms with Crippen LogP contribution in [0.2, 0.25) is 0 Å². The second-order valence-corrected chi connectivity index (χ2v) is 11.5. The van der Waals surface area contributed by atoms with Crippen LogP contribution in [0.5, 0.6) is 5.75 Å². The minimum Gasteiger partial charge on any atom is -0.489 e. The summed E-state index contributed by atoms with van der Waals surface area (Å²) in [5, 5.41) is 7.13. The molecule has 0 spiro atoms. The highest BCUT2D eigenvalue weighted by Gasteiger charge is 2.38. The van der Waals surface area contributed by atoms with E-state index < -0.39 is 0 Å². The number of hydrogen-bond acceptors (Lipinski definition) is 9. The summed E-state index contributed by atoms with van der Waals surface area (Å²) in [7, 11) is 0. The van der Waals surface area contributed by atoms with Gasteiger partial charge in [0.15, 0.2) is 11.6 Å². The monoisotopic (exact) mass is 547 g/mol. The number of nitrogens with one attached hydrogen (secondary N) is 2. The second kappa shape index (κ2) is 9.81. The highest BCUT2D eigenvalue weighted by Crippen LogP contribution is 2.40. The zero-order valence-electron chi connectivity index (χ0n) is 22.9. The van der Waals surface area contributed by atoms with Crippen LogP contribution in [-0.2, 0) is 0 Å². The van der Waals surface area contributed by atoms with Crippen molar-refractivity contribution in [2.45, 2.75) is 57.7 Å². The molecule has 0 radical (unpaired) electrons. The number of ketones is 1. The molecule has 4 aliphatic rings. The molecule has 2 aromatic heterocycles. The Morgan fingerprint density at radius 3 is 2.67 bits per heavy atom. The van der Waals surface area contributed by atoms with Gasteiger partial charge in [0.1, 0.15) is 23.7 Å². The number of hydrogen-bond donors (Lipinski definition) is 2. The van der Waals surface area contributed by atoms with Gasteiger partial charge in [-0.3, -0.25) is 19.1 Å². The van der Waals surface area contributed by atoms with Gasteiger partial charge in [-0.05, 0) is 38.3 Å². The number of benzene rings is 1. The van der Waals surface area contributed by atoms with E-state index in [1.807, 2.05) is 0 Å². The maximum atomic E-state index is 15.6. The zero-order chi connectivity index (χ0) is 27.5. The summed E-state index contributed by atoms with van der Waals surface area (Å²) in [6.45, 7) is 8.25. The first-order chi connectivity index (χ1) is 19.4.